The molecule has 1 aliphatic carbocycles. The molecule has 1 rings (SSSR count). The number of rotatable bonds is 7. The summed E-state index contributed by atoms with van der Waals surface area (Å²) in [6.07, 6.45) is 2.17. The molecular formula is C19H40O3Si2. The summed E-state index contributed by atoms with van der Waals surface area (Å²) < 4.78 is 13.2. The van der Waals surface area contributed by atoms with Crippen LogP contribution in [0, 0.1) is 17.3 Å². The maximum Gasteiger partial charge on any atom is 0.192 e. The van der Waals surface area contributed by atoms with Crippen molar-refractivity contribution in [1.29, 1.82) is 0 Å². The molecule has 3 nitrogen and oxygen atoms in total. The minimum atomic E-state index is -1.85. The molecule has 0 bridgehead atoms. The van der Waals surface area contributed by atoms with Crippen molar-refractivity contribution in [2.24, 2.45) is 17.3 Å². The zero-order valence-corrected chi connectivity index (χ0v) is 19.9. The van der Waals surface area contributed by atoms with Gasteiger partial charge in [-0.15, -0.1) is 0 Å². The lowest BCUT2D eigenvalue weighted by molar-refractivity contribution is -0.154. The van der Waals surface area contributed by atoms with Crippen LogP contribution >= 0.6 is 0 Å². The van der Waals surface area contributed by atoms with Crippen LogP contribution in [-0.4, -0.2) is 35.1 Å². The van der Waals surface area contributed by atoms with E-state index >= 15 is 0 Å². The molecule has 1 aliphatic rings. The lowest BCUT2D eigenvalue weighted by Gasteiger charge is -2.57. The van der Waals surface area contributed by atoms with Gasteiger partial charge in [0.2, 0.25) is 0 Å². The Labute approximate surface area is 152 Å². The van der Waals surface area contributed by atoms with Gasteiger partial charge in [-0.2, -0.15) is 0 Å². The number of carbonyl (C=O) groups is 1. The summed E-state index contributed by atoms with van der Waals surface area (Å²) in [6, 6.07) is 0. The molecule has 142 valence electrons. The van der Waals surface area contributed by atoms with Crippen LogP contribution in [0.4, 0.5) is 0 Å². The molecule has 0 radical (unpaired) electrons. The van der Waals surface area contributed by atoms with E-state index in [1.54, 1.807) is 0 Å². The Hall–Kier alpha value is 0.0238. The van der Waals surface area contributed by atoms with Gasteiger partial charge in [0, 0.05) is 5.92 Å². The van der Waals surface area contributed by atoms with E-state index in [2.05, 4.69) is 74.3 Å². The molecule has 0 amide bonds. The van der Waals surface area contributed by atoms with Crippen LogP contribution in [0.2, 0.25) is 37.8 Å². The van der Waals surface area contributed by atoms with Crippen molar-refractivity contribution in [1.82, 2.24) is 0 Å². The van der Waals surface area contributed by atoms with Crippen LogP contribution in [0.1, 0.15) is 48.0 Å². The molecule has 0 aromatic heterocycles. The first-order valence-electron chi connectivity index (χ1n) is 9.25. The van der Waals surface area contributed by atoms with E-state index in [1.165, 1.54) is 0 Å². The normalized spacial score (nSPS) is 27.3. The van der Waals surface area contributed by atoms with Crippen LogP contribution < -0.4 is 0 Å². The van der Waals surface area contributed by atoms with Crippen LogP contribution in [0.5, 0.6) is 0 Å². The van der Waals surface area contributed by atoms with E-state index in [4.69, 9.17) is 8.85 Å². The third kappa shape index (κ3) is 4.80. The molecule has 0 unspecified atom stereocenters. The maximum absolute atomic E-state index is 11.7. The Morgan fingerprint density at radius 1 is 1.08 bits per heavy atom. The number of hydrogen-bond acceptors (Lipinski definition) is 3. The average molecular weight is 373 g/mol. The summed E-state index contributed by atoms with van der Waals surface area (Å²) in [6.45, 7) is 25.1. The Morgan fingerprint density at radius 2 is 1.58 bits per heavy atom. The summed E-state index contributed by atoms with van der Waals surface area (Å²) in [4.78, 5) is 11.7. The van der Waals surface area contributed by atoms with Gasteiger partial charge in [0.05, 0.1) is 12.2 Å². The molecule has 0 spiro atoms. The lowest BCUT2D eigenvalue weighted by atomic mass is 9.52. The number of aldehydes is 1. The van der Waals surface area contributed by atoms with Gasteiger partial charge in [-0.3, -0.25) is 0 Å². The highest BCUT2D eigenvalue weighted by Gasteiger charge is 2.57. The molecule has 0 aromatic rings. The number of carbonyl (C=O) groups excluding carboxylic acids is 1. The second-order valence-corrected chi connectivity index (χ2v) is 20.3. The highest BCUT2D eigenvalue weighted by atomic mass is 28.4. The van der Waals surface area contributed by atoms with Gasteiger partial charge >= 0.3 is 0 Å². The Balaban J connectivity index is 3.03. The van der Waals surface area contributed by atoms with E-state index in [-0.39, 0.29) is 27.9 Å². The summed E-state index contributed by atoms with van der Waals surface area (Å²) >= 11 is 0. The van der Waals surface area contributed by atoms with Gasteiger partial charge in [-0.1, -0.05) is 34.6 Å². The molecule has 24 heavy (non-hydrogen) atoms. The highest BCUT2D eigenvalue weighted by Crippen LogP contribution is 2.55. The van der Waals surface area contributed by atoms with Gasteiger partial charge in [0.25, 0.3) is 0 Å². The molecule has 1 fully saturated rings. The van der Waals surface area contributed by atoms with E-state index in [9.17, 15) is 4.79 Å². The fraction of sp³-hybridized carbons (Fsp3) is 0.947. The fourth-order valence-corrected chi connectivity index (χ4v) is 6.23. The van der Waals surface area contributed by atoms with Gasteiger partial charge in [0.15, 0.2) is 16.6 Å². The second kappa shape index (κ2) is 6.64. The third-order valence-electron chi connectivity index (χ3n) is 6.08. The van der Waals surface area contributed by atoms with Crippen molar-refractivity contribution in [2.45, 2.75) is 91.3 Å². The average Bonchev–Trinajstić information content (AvgIpc) is 2.31. The fourth-order valence-electron chi connectivity index (χ4n) is 3.54. The lowest BCUT2D eigenvalue weighted by Crippen LogP contribution is -2.61. The highest BCUT2D eigenvalue weighted by molar-refractivity contribution is 6.74. The first-order chi connectivity index (χ1) is 10.5. The monoisotopic (exact) mass is 372 g/mol. The third-order valence-corrected chi connectivity index (χ3v) is 11.6. The SMILES string of the molecule is CC1(C)C[C@H]([C@](C)(CO[Si](C)(C)C(C)(C)C)O[Si](C)(C)C)[C@H]1C=O. The summed E-state index contributed by atoms with van der Waals surface area (Å²) in [5.74, 6) is 0.309. The molecule has 0 saturated heterocycles. The summed E-state index contributed by atoms with van der Waals surface area (Å²) in [5.41, 5.74) is -0.297. The first kappa shape index (κ1) is 22.1. The van der Waals surface area contributed by atoms with Crippen LogP contribution in [0.3, 0.4) is 0 Å². The Morgan fingerprint density at radius 3 is 1.92 bits per heavy atom. The quantitative estimate of drug-likeness (QED) is 0.438. The molecule has 5 heteroatoms. The van der Waals surface area contributed by atoms with Crippen molar-refractivity contribution in [3.63, 3.8) is 0 Å². The van der Waals surface area contributed by atoms with Crippen molar-refractivity contribution >= 4 is 22.9 Å². The molecule has 3 atom stereocenters. The van der Waals surface area contributed by atoms with Crippen molar-refractivity contribution in [3.05, 3.63) is 0 Å². The summed E-state index contributed by atoms with van der Waals surface area (Å²) in [5, 5.41) is 0.177. The molecule has 0 aromatic carbocycles. The molecular weight excluding hydrogens is 332 g/mol. The minimum absolute atomic E-state index is 0.0573. The van der Waals surface area contributed by atoms with Gasteiger partial charge in [-0.25, -0.2) is 0 Å². The zero-order chi connectivity index (χ0) is 19.2. The number of hydrogen-bond donors (Lipinski definition) is 0. The molecule has 0 heterocycles. The minimum Gasteiger partial charge on any atom is -0.414 e. The van der Waals surface area contributed by atoms with E-state index in [1.807, 2.05) is 0 Å². The zero-order valence-electron chi connectivity index (χ0n) is 17.9. The Kier molecular flexibility index (Phi) is 6.10. The van der Waals surface area contributed by atoms with E-state index in [0.717, 1.165) is 12.7 Å². The smallest absolute Gasteiger partial charge is 0.192 e. The largest absolute Gasteiger partial charge is 0.414 e. The first-order valence-corrected chi connectivity index (χ1v) is 15.6. The predicted molar refractivity (Wildman–Crippen MR) is 107 cm³/mol. The maximum atomic E-state index is 11.7. The van der Waals surface area contributed by atoms with E-state index in [0.29, 0.717) is 6.61 Å². The van der Waals surface area contributed by atoms with E-state index < -0.39 is 16.6 Å². The standard InChI is InChI=1S/C19H40O3Si2/c1-17(2,3)24(10,11)21-14-19(6,22-23(7,8)9)15-12-18(4,5)16(15)13-20/h13,15-16H,12,14H2,1-11H3/t15-,16+,19-/m0/s1. The molecule has 0 N–H and O–H groups in total. The topological polar surface area (TPSA) is 35.5 Å². The molecule has 1 saturated carbocycles. The second-order valence-electron chi connectivity index (χ2n) is 11.0. The summed E-state index contributed by atoms with van der Waals surface area (Å²) in [7, 11) is -3.59. The van der Waals surface area contributed by atoms with Crippen LogP contribution in [0.25, 0.3) is 0 Å². The van der Waals surface area contributed by atoms with Crippen LogP contribution in [0.15, 0.2) is 0 Å². The van der Waals surface area contributed by atoms with Gasteiger partial charge in [0.1, 0.15) is 6.29 Å². The van der Waals surface area contributed by atoms with Crippen LogP contribution in [-0.2, 0) is 13.6 Å². The van der Waals surface area contributed by atoms with Crippen molar-refractivity contribution in [2.75, 3.05) is 6.61 Å². The van der Waals surface area contributed by atoms with Gasteiger partial charge < -0.3 is 13.6 Å². The predicted octanol–water partition coefficient (Wildman–Crippen LogP) is 5.48. The Bertz CT molecular complexity index is 460. The molecule has 0 aliphatic heterocycles. The van der Waals surface area contributed by atoms with Crippen molar-refractivity contribution < 1.29 is 13.6 Å². The van der Waals surface area contributed by atoms with Gasteiger partial charge in [-0.05, 0) is 62.5 Å². The van der Waals surface area contributed by atoms with Crippen molar-refractivity contribution in [3.8, 4) is 0 Å².